The summed E-state index contributed by atoms with van der Waals surface area (Å²) in [5.74, 6) is 0.00757. The lowest BCUT2D eigenvalue weighted by atomic mass is 9.60. The molecule has 5 nitrogen and oxygen atoms in total. The highest BCUT2D eigenvalue weighted by Gasteiger charge is 2.67. The summed E-state index contributed by atoms with van der Waals surface area (Å²) in [5.41, 5.74) is 4.29. The number of carbonyl (C=O) groups is 2. The topological polar surface area (TPSA) is 60.9 Å². The average Bonchev–Trinajstić information content (AvgIpc) is 2.60. The van der Waals surface area contributed by atoms with E-state index in [9.17, 15) is 14.7 Å². The molecule has 5 heteroatoms. The Bertz CT molecular complexity index is 916. The second-order valence-electron chi connectivity index (χ2n) is 8.03. The fraction of sp³-hybridized carbons (Fsp3) is 0.391. The zero-order valence-electron chi connectivity index (χ0n) is 16.6. The van der Waals surface area contributed by atoms with E-state index in [1.54, 1.807) is 23.6 Å². The zero-order chi connectivity index (χ0) is 20.1. The number of nitrogens with zero attached hydrogens (tertiary/aromatic N) is 2. The van der Waals surface area contributed by atoms with Crippen LogP contribution in [0, 0.1) is 6.92 Å². The molecule has 0 radical (unpaired) electrons. The van der Waals surface area contributed by atoms with Crippen molar-refractivity contribution >= 4 is 11.8 Å². The van der Waals surface area contributed by atoms with Crippen LogP contribution in [-0.2, 0) is 9.59 Å². The van der Waals surface area contributed by atoms with Gasteiger partial charge >= 0.3 is 0 Å². The maximum absolute atomic E-state index is 12.2. The van der Waals surface area contributed by atoms with Gasteiger partial charge < -0.3 is 14.9 Å². The van der Waals surface area contributed by atoms with Crippen molar-refractivity contribution in [2.24, 2.45) is 0 Å². The molecule has 2 heterocycles. The van der Waals surface area contributed by atoms with Gasteiger partial charge in [0.1, 0.15) is 0 Å². The number of hydrogen-bond donors (Lipinski definition) is 1. The third kappa shape index (κ3) is 2.65. The molecule has 2 aromatic carbocycles. The fourth-order valence-electron chi connectivity index (χ4n) is 5.12. The van der Waals surface area contributed by atoms with Gasteiger partial charge in [-0.15, -0.1) is 0 Å². The smallest absolute Gasteiger partial charge is 0.220 e. The van der Waals surface area contributed by atoms with Crippen LogP contribution in [0.5, 0.6) is 0 Å². The summed E-state index contributed by atoms with van der Waals surface area (Å²) in [6.45, 7) is 6.18. The van der Waals surface area contributed by atoms with Crippen LogP contribution in [0.4, 0.5) is 0 Å². The first-order valence-electron chi connectivity index (χ1n) is 9.71. The number of hydrogen-bond acceptors (Lipinski definition) is 3. The Morgan fingerprint density at radius 1 is 1.04 bits per heavy atom. The summed E-state index contributed by atoms with van der Waals surface area (Å²) in [7, 11) is 0. The molecule has 0 saturated carbocycles. The zero-order valence-corrected chi connectivity index (χ0v) is 16.6. The fourth-order valence-corrected chi connectivity index (χ4v) is 5.12. The number of likely N-dealkylation sites (tertiary alicyclic amines) is 2. The molecule has 0 bridgehead atoms. The highest BCUT2D eigenvalue weighted by molar-refractivity contribution is 5.80. The summed E-state index contributed by atoms with van der Waals surface area (Å²) >= 11 is 0. The largest absolute Gasteiger partial charge is 0.394 e. The quantitative estimate of drug-likeness (QED) is 0.893. The van der Waals surface area contributed by atoms with Crippen LogP contribution in [0.25, 0.3) is 11.1 Å². The molecule has 0 aliphatic carbocycles. The molecule has 2 amide bonds. The van der Waals surface area contributed by atoms with E-state index in [0.29, 0.717) is 13.1 Å². The molecule has 2 saturated heterocycles. The van der Waals surface area contributed by atoms with Crippen LogP contribution in [-0.4, -0.2) is 58.0 Å². The van der Waals surface area contributed by atoms with Gasteiger partial charge in [0.15, 0.2) is 0 Å². The lowest BCUT2D eigenvalue weighted by molar-refractivity contribution is -0.200. The molecule has 4 rings (SSSR count). The van der Waals surface area contributed by atoms with E-state index >= 15 is 0 Å². The number of amides is 2. The van der Waals surface area contributed by atoms with Gasteiger partial charge in [-0.25, -0.2) is 0 Å². The van der Waals surface area contributed by atoms with Crippen molar-refractivity contribution in [3.8, 4) is 11.1 Å². The van der Waals surface area contributed by atoms with Gasteiger partial charge in [-0.3, -0.25) is 9.59 Å². The molecule has 2 aliphatic heterocycles. The maximum atomic E-state index is 12.2. The molecule has 2 fully saturated rings. The second kappa shape index (κ2) is 6.74. The summed E-state index contributed by atoms with van der Waals surface area (Å²) < 4.78 is 0. The van der Waals surface area contributed by atoms with E-state index in [2.05, 4.69) is 43.3 Å². The Hall–Kier alpha value is -2.66. The Kier molecular flexibility index (Phi) is 4.50. The Labute approximate surface area is 165 Å². The Balaban J connectivity index is 1.66. The number of aryl methyl sites for hydroxylation is 1. The molecule has 146 valence electrons. The highest BCUT2D eigenvalue weighted by Crippen LogP contribution is 2.53. The third-order valence-corrected chi connectivity index (χ3v) is 6.40. The van der Waals surface area contributed by atoms with Crippen LogP contribution in [0.3, 0.4) is 0 Å². The lowest BCUT2D eigenvalue weighted by Crippen LogP contribution is -2.85. The summed E-state index contributed by atoms with van der Waals surface area (Å²) in [6.07, 6.45) is 0. The summed E-state index contributed by atoms with van der Waals surface area (Å²) in [4.78, 5) is 27.5. The van der Waals surface area contributed by atoms with Crippen molar-refractivity contribution in [2.75, 3.05) is 19.7 Å². The van der Waals surface area contributed by atoms with Crippen molar-refractivity contribution in [1.29, 1.82) is 0 Å². The molecule has 1 spiro atoms. The number of aliphatic hydroxyl groups excluding tert-OH is 1. The first-order valence-corrected chi connectivity index (χ1v) is 9.71. The van der Waals surface area contributed by atoms with Crippen molar-refractivity contribution < 1.29 is 14.7 Å². The van der Waals surface area contributed by atoms with Crippen LogP contribution in [0.15, 0.2) is 48.5 Å². The van der Waals surface area contributed by atoms with E-state index in [1.807, 2.05) is 12.1 Å². The van der Waals surface area contributed by atoms with Gasteiger partial charge in [-0.05, 0) is 29.2 Å². The first-order chi connectivity index (χ1) is 13.4. The maximum Gasteiger partial charge on any atom is 0.220 e. The standard InChI is InChI=1S/C23H26N2O3/c1-15-6-4-5-7-20(15)18-8-10-19(11-9-18)22-21(12-26)25(17(3)28)23(22)13-24(14-23)16(2)27/h4-11,21-22,26H,12-14H2,1-3H3/t21-,22-/m0/s1. The Morgan fingerprint density at radius 3 is 2.21 bits per heavy atom. The van der Waals surface area contributed by atoms with E-state index in [0.717, 1.165) is 11.1 Å². The third-order valence-electron chi connectivity index (χ3n) is 6.40. The van der Waals surface area contributed by atoms with Crippen molar-refractivity contribution in [2.45, 2.75) is 38.3 Å². The molecule has 0 aromatic heterocycles. The predicted molar refractivity (Wildman–Crippen MR) is 108 cm³/mol. The van der Waals surface area contributed by atoms with E-state index in [1.165, 1.54) is 11.1 Å². The SMILES string of the molecule is CC(=O)N1CC2(C1)[C@@H](c1ccc(-c3ccccc3C)cc1)[C@H](CO)N2C(C)=O. The van der Waals surface area contributed by atoms with Gasteiger partial charge in [-0.1, -0.05) is 48.5 Å². The minimum Gasteiger partial charge on any atom is -0.394 e. The second-order valence-corrected chi connectivity index (χ2v) is 8.03. The molecule has 2 aromatic rings. The van der Waals surface area contributed by atoms with Crippen LogP contribution in [0.1, 0.15) is 30.9 Å². The van der Waals surface area contributed by atoms with E-state index < -0.39 is 5.54 Å². The van der Waals surface area contributed by atoms with Gasteiger partial charge in [-0.2, -0.15) is 0 Å². The van der Waals surface area contributed by atoms with E-state index in [-0.39, 0.29) is 30.4 Å². The van der Waals surface area contributed by atoms with Gasteiger partial charge in [0.25, 0.3) is 0 Å². The molecule has 28 heavy (non-hydrogen) atoms. The number of aliphatic hydroxyl groups is 1. The summed E-state index contributed by atoms with van der Waals surface area (Å²) in [6, 6.07) is 16.5. The minimum absolute atomic E-state index is 0.0234. The lowest BCUT2D eigenvalue weighted by Gasteiger charge is -2.70. The minimum atomic E-state index is -0.394. The average molecular weight is 378 g/mol. The van der Waals surface area contributed by atoms with Gasteiger partial charge in [0.2, 0.25) is 11.8 Å². The van der Waals surface area contributed by atoms with Crippen LogP contribution < -0.4 is 0 Å². The Morgan fingerprint density at radius 2 is 1.68 bits per heavy atom. The van der Waals surface area contributed by atoms with Gasteiger partial charge in [0, 0.05) is 32.9 Å². The van der Waals surface area contributed by atoms with Crippen LogP contribution in [0.2, 0.25) is 0 Å². The molecule has 1 N–H and O–H groups in total. The number of rotatable bonds is 3. The highest BCUT2D eigenvalue weighted by atomic mass is 16.3. The summed E-state index contributed by atoms with van der Waals surface area (Å²) in [5, 5.41) is 9.96. The van der Waals surface area contributed by atoms with Crippen LogP contribution >= 0.6 is 0 Å². The van der Waals surface area contributed by atoms with Crippen molar-refractivity contribution in [3.63, 3.8) is 0 Å². The van der Waals surface area contributed by atoms with Crippen molar-refractivity contribution in [3.05, 3.63) is 59.7 Å². The molecule has 2 atom stereocenters. The molecular weight excluding hydrogens is 352 g/mol. The van der Waals surface area contributed by atoms with E-state index in [4.69, 9.17) is 0 Å². The molecular formula is C23H26N2O3. The molecule has 0 unspecified atom stereocenters. The predicted octanol–water partition coefficient (Wildman–Crippen LogP) is 2.57. The normalized spacial score (nSPS) is 22.6. The number of carbonyl (C=O) groups excluding carboxylic acids is 2. The van der Waals surface area contributed by atoms with Gasteiger partial charge in [0.05, 0.1) is 18.2 Å². The monoisotopic (exact) mass is 378 g/mol. The first kappa shape index (κ1) is 18.7. The number of benzene rings is 2. The molecule has 2 aliphatic rings. The van der Waals surface area contributed by atoms with Crippen molar-refractivity contribution in [1.82, 2.24) is 9.80 Å².